The lowest BCUT2D eigenvalue weighted by atomic mass is 10.1. The highest BCUT2D eigenvalue weighted by Gasteiger charge is 2.67. The van der Waals surface area contributed by atoms with E-state index in [1.807, 2.05) is 30.3 Å². The summed E-state index contributed by atoms with van der Waals surface area (Å²) in [5.41, 5.74) is 0.206. The summed E-state index contributed by atoms with van der Waals surface area (Å²) in [5.74, 6) is -0.543. The van der Waals surface area contributed by atoms with Gasteiger partial charge in [-0.05, 0) is 18.9 Å². The molecule has 1 aromatic rings. The lowest BCUT2D eigenvalue weighted by Gasteiger charge is -2.12. The third-order valence-electron chi connectivity index (χ3n) is 3.50. The summed E-state index contributed by atoms with van der Waals surface area (Å²) in [4.78, 5) is 23.5. The Hall–Kier alpha value is -1.26. The van der Waals surface area contributed by atoms with Crippen LogP contribution in [0, 0.1) is 5.41 Å². The molecule has 6 heteroatoms. The Balaban J connectivity index is 1.72. The highest BCUT2D eigenvalue weighted by molar-refractivity contribution is 6.53. The molecule has 2 amide bonds. The zero-order chi connectivity index (χ0) is 14.8. The van der Waals surface area contributed by atoms with Gasteiger partial charge in [-0.3, -0.25) is 9.59 Å². The van der Waals surface area contributed by atoms with Crippen molar-refractivity contribution in [1.82, 2.24) is 10.6 Å². The highest BCUT2D eigenvalue weighted by atomic mass is 35.5. The maximum absolute atomic E-state index is 11.9. The van der Waals surface area contributed by atoms with Crippen molar-refractivity contribution >= 4 is 35.0 Å². The van der Waals surface area contributed by atoms with E-state index in [1.54, 1.807) is 6.92 Å². The van der Waals surface area contributed by atoms with Gasteiger partial charge in [-0.15, -0.1) is 23.2 Å². The van der Waals surface area contributed by atoms with Crippen LogP contribution in [0.2, 0.25) is 0 Å². The molecule has 108 valence electrons. The van der Waals surface area contributed by atoms with Gasteiger partial charge in [-0.25, -0.2) is 0 Å². The molecule has 20 heavy (non-hydrogen) atoms. The van der Waals surface area contributed by atoms with E-state index in [-0.39, 0.29) is 18.4 Å². The molecule has 0 aromatic heterocycles. The van der Waals surface area contributed by atoms with Crippen molar-refractivity contribution in [3.63, 3.8) is 0 Å². The van der Waals surface area contributed by atoms with Crippen molar-refractivity contribution < 1.29 is 9.59 Å². The van der Waals surface area contributed by atoms with Crippen LogP contribution in [0.4, 0.5) is 0 Å². The minimum Gasteiger partial charge on any atom is -0.350 e. The maximum Gasteiger partial charge on any atom is 0.239 e. The summed E-state index contributed by atoms with van der Waals surface area (Å²) in [5, 5.41) is 5.28. The molecule has 1 aliphatic carbocycles. The standard InChI is InChI=1S/C14H16Cl2N2O2/c1-13(9-14(13,15)16)12(20)18-8-11(19)17-7-10-5-3-2-4-6-10/h2-6H,7-9H2,1H3,(H,17,19)(H,18,20)/t13-/m1/s1. The van der Waals surface area contributed by atoms with E-state index in [0.29, 0.717) is 13.0 Å². The lowest BCUT2D eigenvalue weighted by Crippen LogP contribution is -2.40. The summed E-state index contributed by atoms with van der Waals surface area (Å²) in [6.07, 6.45) is 0.403. The molecule has 0 aliphatic heterocycles. The van der Waals surface area contributed by atoms with Gasteiger partial charge in [-0.2, -0.15) is 0 Å². The zero-order valence-electron chi connectivity index (χ0n) is 11.1. The van der Waals surface area contributed by atoms with Crippen molar-refractivity contribution in [2.75, 3.05) is 6.54 Å². The van der Waals surface area contributed by atoms with E-state index in [1.165, 1.54) is 0 Å². The average molecular weight is 315 g/mol. The third kappa shape index (κ3) is 3.25. The number of nitrogens with one attached hydrogen (secondary N) is 2. The van der Waals surface area contributed by atoms with Gasteiger partial charge < -0.3 is 10.6 Å². The van der Waals surface area contributed by atoms with Crippen molar-refractivity contribution in [1.29, 1.82) is 0 Å². The highest BCUT2D eigenvalue weighted by Crippen LogP contribution is 2.63. The Bertz CT molecular complexity index is 519. The molecule has 1 aliphatic rings. The normalized spacial score (nSPS) is 22.9. The summed E-state index contributed by atoms with van der Waals surface area (Å²) >= 11 is 11.8. The van der Waals surface area contributed by atoms with Gasteiger partial charge >= 0.3 is 0 Å². The van der Waals surface area contributed by atoms with Crippen LogP contribution in [-0.4, -0.2) is 22.7 Å². The Morgan fingerprint density at radius 3 is 2.35 bits per heavy atom. The zero-order valence-corrected chi connectivity index (χ0v) is 12.6. The second-order valence-corrected chi connectivity index (χ2v) is 6.64. The van der Waals surface area contributed by atoms with E-state index >= 15 is 0 Å². The molecular formula is C14H16Cl2N2O2. The summed E-state index contributed by atoms with van der Waals surface area (Å²) < 4.78 is -1.02. The molecule has 2 rings (SSSR count). The van der Waals surface area contributed by atoms with Crippen LogP contribution in [0.3, 0.4) is 0 Å². The van der Waals surface area contributed by atoms with Gasteiger partial charge in [0, 0.05) is 6.54 Å². The van der Waals surface area contributed by atoms with Crippen molar-refractivity contribution in [2.45, 2.75) is 24.2 Å². The fourth-order valence-corrected chi connectivity index (χ4v) is 2.57. The molecule has 1 saturated carbocycles. The molecule has 2 N–H and O–H groups in total. The number of halogens is 2. The summed E-state index contributed by atoms with van der Waals surface area (Å²) in [6, 6.07) is 9.54. The van der Waals surface area contributed by atoms with Crippen LogP contribution in [0.5, 0.6) is 0 Å². The quantitative estimate of drug-likeness (QED) is 0.817. The molecule has 1 atom stereocenters. The van der Waals surface area contributed by atoms with Gasteiger partial charge in [0.25, 0.3) is 0 Å². The third-order valence-corrected chi connectivity index (χ3v) is 4.60. The fourth-order valence-electron chi connectivity index (χ4n) is 1.86. The van der Waals surface area contributed by atoms with Crippen LogP contribution in [-0.2, 0) is 16.1 Å². The lowest BCUT2D eigenvalue weighted by molar-refractivity contribution is -0.129. The van der Waals surface area contributed by atoms with Crippen LogP contribution >= 0.6 is 23.2 Å². The van der Waals surface area contributed by atoms with Crippen molar-refractivity contribution in [3.8, 4) is 0 Å². The Morgan fingerprint density at radius 2 is 1.80 bits per heavy atom. The van der Waals surface area contributed by atoms with E-state index in [2.05, 4.69) is 10.6 Å². The first-order valence-electron chi connectivity index (χ1n) is 6.32. The minimum atomic E-state index is -1.02. The topological polar surface area (TPSA) is 58.2 Å². The predicted octanol–water partition coefficient (Wildman–Crippen LogP) is 2.00. The van der Waals surface area contributed by atoms with E-state index in [9.17, 15) is 9.59 Å². The van der Waals surface area contributed by atoms with E-state index < -0.39 is 9.75 Å². The molecule has 1 aromatic carbocycles. The number of rotatable bonds is 5. The largest absolute Gasteiger partial charge is 0.350 e. The van der Waals surface area contributed by atoms with E-state index in [0.717, 1.165) is 5.56 Å². The Morgan fingerprint density at radius 1 is 1.20 bits per heavy atom. The minimum absolute atomic E-state index is 0.0783. The monoisotopic (exact) mass is 314 g/mol. The van der Waals surface area contributed by atoms with Crippen LogP contribution in [0.1, 0.15) is 18.9 Å². The van der Waals surface area contributed by atoms with Gasteiger partial charge in [0.2, 0.25) is 11.8 Å². The predicted molar refractivity (Wildman–Crippen MR) is 78.5 cm³/mol. The summed E-state index contributed by atoms with van der Waals surface area (Å²) in [6.45, 7) is 2.04. The number of hydrogen-bond acceptors (Lipinski definition) is 2. The fraction of sp³-hybridized carbons (Fsp3) is 0.429. The molecule has 0 radical (unpaired) electrons. The first kappa shape index (κ1) is 15.1. The number of carbonyl (C=O) groups excluding carboxylic acids is 2. The number of alkyl halides is 2. The van der Waals surface area contributed by atoms with Crippen LogP contribution < -0.4 is 10.6 Å². The van der Waals surface area contributed by atoms with Gasteiger partial charge in [0.1, 0.15) is 4.33 Å². The molecule has 0 unspecified atom stereocenters. The number of benzene rings is 1. The number of carbonyl (C=O) groups is 2. The van der Waals surface area contributed by atoms with E-state index in [4.69, 9.17) is 23.2 Å². The number of amides is 2. The molecule has 0 spiro atoms. The Labute approximate surface area is 127 Å². The Kier molecular flexibility index (Phi) is 4.25. The first-order chi connectivity index (χ1) is 9.35. The summed E-state index contributed by atoms with van der Waals surface area (Å²) in [7, 11) is 0. The van der Waals surface area contributed by atoms with Crippen molar-refractivity contribution in [2.24, 2.45) is 5.41 Å². The first-order valence-corrected chi connectivity index (χ1v) is 7.07. The molecular weight excluding hydrogens is 299 g/mol. The van der Waals surface area contributed by atoms with Gasteiger partial charge in [0.05, 0.1) is 12.0 Å². The van der Waals surface area contributed by atoms with Crippen LogP contribution in [0.15, 0.2) is 30.3 Å². The average Bonchev–Trinajstić information content (AvgIpc) is 2.95. The van der Waals surface area contributed by atoms with Crippen LogP contribution in [0.25, 0.3) is 0 Å². The number of hydrogen-bond donors (Lipinski definition) is 2. The molecule has 1 fully saturated rings. The molecule has 0 heterocycles. The molecule has 0 bridgehead atoms. The van der Waals surface area contributed by atoms with Gasteiger partial charge in [0.15, 0.2) is 0 Å². The molecule has 4 nitrogen and oxygen atoms in total. The molecule has 0 saturated heterocycles. The van der Waals surface area contributed by atoms with Crippen molar-refractivity contribution in [3.05, 3.63) is 35.9 Å². The second kappa shape index (κ2) is 5.62. The van der Waals surface area contributed by atoms with Gasteiger partial charge in [-0.1, -0.05) is 30.3 Å². The second-order valence-electron chi connectivity index (χ2n) is 5.16. The maximum atomic E-state index is 11.9. The SMILES string of the molecule is C[C@]1(C(=O)NCC(=O)NCc2ccccc2)CC1(Cl)Cl. The smallest absolute Gasteiger partial charge is 0.239 e.